The van der Waals surface area contributed by atoms with Gasteiger partial charge in [0.15, 0.2) is 9.84 Å². The zero-order chi connectivity index (χ0) is 12.9. The van der Waals surface area contributed by atoms with E-state index in [1.165, 1.54) is 0 Å². The molecule has 0 fully saturated rings. The van der Waals surface area contributed by atoms with Gasteiger partial charge < -0.3 is 5.32 Å². The zero-order valence-electron chi connectivity index (χ0n) is 10.7. The minimum Gasteiger partial charge on any atom is -0.312 e. The predicted molar refractivity (Wildman–Crippen MR) is 71.8 cm³/mol. The maximum absolute atomic E-state index is 12.1. The second-order valence-electron chi connectivity index (χ2n) is 4.08. The Hall–Kier alpha value is -0.870. The van der Waals surface area contributed by atoms with Crippen LogP contribution in [0.15, 0.2) is 30.3 Å². The molecule has 0 saturated carbocycles. The summed E-state index contributed by atoms with van der Waals surface area (Å²) in [7, 11) is -1.22. The Kier molecular flexibility index (Phi) is 5.15. The van der Waals surface area contributed by atoms with E-state index in [1.54, 1.807) is 6.92 Å². The topological polar surface area (TPSA) is 46.2 Å². The lowest BCUT2D eigenvalue weighted by atomic mass is 10.0. The molecule has 0 saturated heterocycles. The van der Waals surface area contributed by atoms with E-state index in [2.05, 4.69) is 5.32 Å². The quantitative estimate of drug-likeness (QED) is 0.847. The standard InChI is InChI=1S/C13H21NO2S/c1-4-12(17(15,16)5-2)13(14-3)11-9-7-6-8-10-11/h6-10,12-14H,4-5H2,1-3H3. The molecule has 17 heavy (non-hydrogen) atoms. The number of rotatable bonds is 6. The van der Waals surface area contributed by atoms with E-state index in [0.717, 1.165) is 5.56 Å². The van der Waals surface area contributed by atoms with Gasteiger partial charge in [0.05, 0.1) is 5.25 Å². The van der Waals surface area contributed by atoms with Crippen LogP contribution in [0.2, 0.25) is 0 Å². The summed E-state index contributed by atoms with van der Waals surface area (Å²) in [6, 6.07) is 9.61. The van der Waals surface area contributed by atoms with Gasteiger partial charge in [-0.1, -0.05) is 44.2 Å². The molecule has 0 aromatic heterocycles. The van der Waals surface area contributed by atoms with E-state index < -0.39 is 9.84 Å². The van der Waals surface area contributed by atoms with Gasteiger partial charge in [-0.05, 0) is 19.0 Å². The molecule has 0 spiro atoms. The number of nitrogens with one attached hydrogen (secondary N) is 1. The highest BCUT2D eigenvalue weighted by atomic mass is 32.2. The molecule has 0 heterocycles. The van der Waals surface area contributed by atoms with Gasteiger partial charge in [0.2, 0.25) is 0 Å². The fourth-order valence-corrected chi connectivity index (χ4v) is 3.78. The summed E-state index contributed by atoms with van der Waals surface area (Å²) in [6.07, 6.45) is 0.622. The van der Waals surface area contributed by atoms with Crippen molar-refractivity contribution in [3.8, 4) is 0 Å². The summed E-state index contributed by atoms with van der Waals surface area (Å²) < 4.78 is 24.1. The molecule has 0 bridgehead atoms. The van der Waals surface area contributed by atoms with Crippen LogP contribution in [0.1, 0.15) is 31.9 Å². The second kappa shape index (κ2) is 6.17. The molecular weight excluding hydrogens is 234 g/mol. The first-order chi connectivity index (χ1) is 8.06. The van der Waals surface area contributed by atoms with Crippen LogP contribution >= 0.6 is 0 Å². The largest absolute Gasteiger partial charge is 0.312 e. The molecule has 0 radical (unpaired) electrons. The van der Waals surface area contributed by atoms with Gasteiger partial charge in [-0.2, -0.15) is 0 Å². The predicted octanol–water partition coefficient (Wildman–Crippen LogP) is 2.16. The van der Waals surface area contributed by atoms with Gasteiger partial charge in [-0.15, -0.1) is 0 Å². The highest BCUT2D eigenvalue weighted by molar-refractivity contribution is 7.92. The average molecular weight is 255 g/mol. The van der Waals surface area contributed by atoms with E-state index >= 15 is 0 Å². The van der Waals surface area contributed by atoms with E-state index in [1.807, 2.05) is 44.3 Å². The van der Waals surface area contributed by atoms with Crippen LogP contribution in [0, 0.1) is 0 Å². The highest BCUT2D eigenvalue weighted by Crippen LogP contribution is 2.24. The molecule has 0 amide bonds. The van der Waals surface area contributed by atoms with Crippen molar-refractivity contribution in [2.75, 3.05) is 12.8 Å². The number of hydrogen-bond acceptors (Lipinski definition) is 3. The summed E-state index contributed by atoms with van der Waals surface area (Å²) in [4.78, 5) is 0. The van der Waals surface area contributed by atoms with Crippen LogP contribution in [-0.4, -0.2) is 26.5 Å². The van der Waals surface area contributed by atoms with Crippen molar-refractivity contribution in [2.45, 2.75) is 31.6 Å². The van der Waals surface area contributed by atoms with Crippen LogP contribution in [0.3, 0.4) is 0 Å². The SMILES string of the molecule is CCC(C(NC)c1ccccc1)S(=O)(=O)CC. The van der Waals surface area contributed by atoms with E-state index in [4.69, 9.17) is 0 Å². The molecule has 3 nitrogen and oxygen atoms in total. The first-order valence-corrected chi connectivity index (χ1v) is 7.72. The van der Waals surface area contributed by atoms with Crippen molar-refractivity contribution < 1.29 is 8.42 Å². The van der Waals surface area contributed by atoms with E-state index in [0.29, 0.717) is 6.42 Å². The van der Waals surface area contributed by atoms with Gasteiger partial charge in [0.1, 0.15) is 0 Å². The lowest BCUT2D eigenvalue weighted by Gasteiger charge is -2.25. The Balaban J connectivity index is 3.09. The van der Waals surface area contributed by atoms with Crippen molar-refractivity contribution in [3.05, 3.63) is 35.9 Å². The Bertz CT molecular complexity index is 428. The molecule has 1 aromatic carbocycles. The van der Waals surface area contributed by atoms with Crippen LogP contribution in [0.25, 0.3) is 0 Å². The molecule has 1 rings (SSSR count). The number of sulfone groups is 1. The van der Waals surface area contributed by atoms with Crippen molar-refractivity contribution >= 4 is 9.84 Å². The Labute approximate surface area is 104 Å². The van der Waals surface area contributed by atoms with Gasteiger partial charge in [0.25, 0.3) is 0 Å². The van der Waals surface area contributed by atoms with Crippen LogP contribution in [0.5, 0.6) is 0 Å². The van der Waals surface area contributed by atoms with Crippen molar-refractivity contribution in [1.82, 2.24) is 5.32 Å². The molecule has 1 aromatic rings. The highest BCUT2D eigenvalue weighted by Gasteiger charge is 2.30. The first-order valence-electron chi connectivity index (χ1n) is 6.00. The second-order valence-corrected chi connectivity index (χ2v) is 6.58. The van der Waals surface area contributed by atoms with Crippen LogP contribution in [0.4, 0.5) is 0 Å². The summed E-state index contributed by atoms with van der Waals surface area (Å²) in [6.45, 7) is 3.63. The number of benzene rings is 1. The van der Waals surface area contributed by atoms with Crippen molar-refractivity contribution in [2.24, 2.45) is 0 Å². The summed E-state index contributed by atoms with van der Waals surface area (Å²) in [5.74, 6) is 0.191. The molecule has 2 atom stereocenters. The lowest BCUT2D eigenvalue weighted by Crippen LogP contribution is -2.36. The first kappa shape index (κ1) is 14.2. The third-order valence-corrected chi connectivity index (χ3v) is 5.44. The Morgan fingerprint density at radius 2 is 1.76 bits per heavy atom. The molecule has 4 heteroatoms. The molecule has 1 N–H and O–H groups in total. The maximum atomic E-state index is 12.1. The Morgan fingerprint density at radius 1 is 1.18 bits per heavy atom. The third-order valence-electron chi connectivity index (χ3n) is 3.11. The fraction of sp³-hybridized carbons (Fsp3) is 0.538. The van der Waals surface area contributed by atoms with E-state index in [9.17, 15) is 8.42 Å². The average Bonchev–Trinajstić information content (AvgIpc) is 2.36. The smallest absolute Gasteiger partial charge is 0.154 e. The van der Waals surface area contributed by atoms with Crippen LogP contribution < -0.4 is 5.32 Å². The van der Waals surface area contributed by atoms with Gasteiger partial charge >= 0.3 is 0 Å². The van der Waals surface area contributed by atoms with Gasteiger partial charge in [0, 0.05) is 11.8 Å². The lowest BCUT2D eigenvalue weighted by molar-refractivity contribution is 0.508. The summed E-state index contributed by atoms with van der Waals surface area (Å²) in [5.41, 5.74) is 1.03. The van der Waals surface area contributed by atoms with Crippen LogP contribution in [-0.2, 0) is 9.84 Å². The van der Waals surface area contributed by atoms with Gasteiger partial charge in [-0.3, -0.25) is 0 Å². The molecule has 0 aliphatic rings. The summed E-state index contributed by atoms with van der Waals surface area (Å²) in [5, 5.41) is 2.77. The van der Waals surface area contributed by atoms with Crippen molar-refractivity contribution in [3.63, 3.8) is 0 Å². The third kappa shape index (κ3) is 3.30. The van der Waals surface area contributed by atoms with E-state index in [-0.39, 0.29) is 17.0 Å². The number of hydrogen-bond donors (Lipinski definition) is 1. The molecule has 0 aliphatic heterocycles. The van der Waals surface area contributed by atoms with Crippen molar-refractivity contribution in [1.29, 1.82) is 0 Å². The molecule has 0 aliphatic carbocycles. The molecular formula is C13H21NO2S. The summed E-state index contributed by atoms with van der Waals surface area (Å²) >= 11 is 0. The van der Waals surface area contributed by atoms with Gasteiger partial charge in [-0.25, -0.2) is 8.42 Å². The maximum Gasteiger partial charge on any atom is 0.154 e. The minimum absolute atomic E-state index is 0.133. The molecule has 2 unspecified atom stereocenters. The minimum atomic E-state index is -3.03. The monoisotopic (exact) mass is 255 g/mol. The molecule has 96 valence electrons. The zero-order valence-corrected chi connectivity index (χ0v) is 11.5. The fourth-order valence-electron chi connectivity index (χ4n) is 2.14. The normalized spacial score (nSPS) is 15.5. The Morgan fingerprint density at radius 3 is 2.18 bits per heavy atom.